The molecule has 1 atom stereocenters. The summed E-state index contributed by atoms with van der Waals surface area (Å²) in [5.41, 5.74) is 0. The van der Waals surface area contributed by atoms with E-state index in [2.05, 4.69) is 20.7 Å². The van der Waals surface area contributed by atoms with E-state index in [0.29, 0.717) is 12.2 Å². The molecule has 0 unspecified atom stereocenters. The van der Waals surface area contributed by atoms with Crippen LogP contribution in [0.15, 0.2) is 22.7 Å². The van der Waals surface area contributed by atoms with Gasteiger partial charge in [0.05, 0.1) is 23.4 Å². The first-order chi connectivity index (χ1) is 9.96. The van der Waals surface area contributed by atoms with Gasteiger partial charge in [-0.05, 0) is 41.1 Å². The Bertz CT molecular complexity index is 603. The lowest BCUT2D eigenvalue weighted by atomic mass is 10.3. The maximum Gasteiger partial charge on any atom is 0.573 e. The van der Waals surface area contributed by atoms with Crippen LogP contribution < -0.4 is 9.47 Å². The summed E-state index contributed by atoms with van der Waals surface area (Å²) < 4.78 is 72.1. The highest BCUT2D eigenvalue weighted by molar-refractivity contribution is 9.10. The minimum atomic E-state index is -4.76. The molecule has 0 fully saturated rings. The Labute approximate surface area is 134 Å². The van der Waals surface area contributed by atoms with Crippen LogP contribution in [0.2, 0.25) is 0 Å². The molecule has 22 heavy (non-hydrogen) atoms. The summed E-state index contributed by atoms with van der Waals surface area (Å²) in [6.07, 6.45) is -4.09. The average molecular weight is 407 g/mol. The van der Waals surface area contributed by atoms with E-state index in [1.165, 1.54) is 6.07 Å². The van der Waals surface area contributed by atoms with Gasteiger partial charge in [0.2, 0.25) is 0 Å². The van der Waals surface area contributed by atoms with Gasteiger partial charge in [-0.1, -0.05) is 0 Å². The Hall–Kier alpha value is -1.00. The molecule has 0 saturated carbocycles. The molecular weight excluding hydrogens is 393 g/mol. The zero-order chi connectivity index (χ0) is 17.0. The topological polar surface area (TPSA) is 61.8 Å². The second-order valence-corrected chi connectivity index (χ2v) is 6.84. The number of ether oxygens (including phenoxy) is 2. The van der Waals surface area contributed by atoms with Gasteiger partial charge in [0.15, 0.2) is 0 Å². The number of hydrogen-bond acceptors (Lipinski definition) is 5. The molecule has 0 heterocycles. The van der Waals surface area contributed by atoms with E-state index in [9.17, 15) is 21.6 Å². The lowest BCUT2D eigenvalue weighted by Gasteiger charge is -2.14. The lowest BCUT2D eigenvalue weighted by Crippen LogP contribution is -2.17. The summed E-state index contributed by atoms with van der Waals surface area (Å²) in [5, 5.41) is 0. The maximum atomic E-state index is 12.1. The van der Waals surface area contributed by atoms with E-state index in [4.69, 9.17) is 8.92 Å². The molecule has 1 aromatic carbocycles. The summed E-state index contributed by atoms with van der Waals surface area (Å²) in [6, 6.07) is 3.55. The molecule has 0 N–H and O–H groups in total. The van der Waals surface area contributed by atoms with E-state index in [0.717, 1.165) is 18.4 Å². The van der Waals surface area contributed by atoms with Gasteiger partial charge in [-0.3, -0.25) is 4.18 Å². The summed E-state index contributed by atoms with van der Waals surface area (Å²) in [7, 11) is -3.54. The minimum Gasteiger partial charge on any atom is -0.492 e. The van der Waals surface area contributed by atoms with Crippen LogP contribution in [0, 0.1) is 0 Å². The lowest BCUT2D eigenvalue weighted by molar-refractivity contribution is -0.274. The van der Waals surface area contributed by atoms with Gasteiger partial charge in [-0.2, -0.15) is 8.42 Å². The van der Waals surface area contributed by atoms with Crippen molar-refractivity contribution in [2.75, 3.05) is 12.9 Å². The Balaban J connectivity index is 2.53. The molecule has 0 aliphatic heterocycles. The van der Waals surface area contributed by atoms with E-state index in [-0.39, 0.29) is 16.8 Å². The molecule has 0 amide bonds. The molecule has 0 bridgehead atoms. The molecule has 0 aliphatic carbocycles. The van der Waals surface area contributed by atoms with Crippen LogP contribution in [-0.4, -0.2) is 33.7 Å². The van der Waals surface area contributed by atoms with Crippen molar-refractivity contribution >= 4 is 26.0 Å². The van der Waals surface area contributed by atoms with Gasteiger partial charge in [0, 0.05) is 6.42 Å². The molecule has 126 valence electrons. The van der Waals surface area contributed by atoms with Crippen molar-refractivity contribution in [1.29, 1.82) is 0 Å². The second-order valence-electron chi connectivity index (χ2n) is 4.39. The molecule has 10 heteroatoms. The molecule has 0 aliphatic rings. The third-order valence-corrected chi connectivity index (χ3v) is 3.56. The van der Waals surface area contributed by atoms with Gasteiger partial charge in [0.25, 0.3) is 10.1 Å². The maximum absolute atomic E-state index is 12.1. The van der Waals surface area contributed by atoms with Gasteiger partial charge < -0.3 is 9.47 Å². The molecule has 0 radical (unpaired) electrons. The Morgan fingerprint density at radius 2 is 1.95 bits per heavy atom. The number of rotatable bonds is 7. The zero-order valence-corrected chi connectivity index (χ0v) is 14.1. The van der Waals surface area contributed by atoms with E-state index < -0.39 is 22.6 Å². The number of halogens is 4. The third-order valence-electron chi connectivity index (χ3n) is 2.26. The smallest absolute Gasteiger partial charge is 0.492 e. The van der Waals surface area contributed by atoms with Gasteiger partial charge in [-0.15, -0.1) is 13.2 Å². The third kappa shape index (κ3) is 7.85. The van der Waals surface area contributed by atoms with Crippen molar-refractivity contribution in [3.63, 3.8) is 0 Å². The number of hydrogen-bond donors (Lipinski definition) is 0. The van der Waals surface area contributed by atoms with Crippen molar-refractivity contribution in [2.45, 2.75) is 25.8 Å². The van der Waals surface area contributed by atoms with Gasteiger partial charge in [0.1, 0.15) is 11.5 Å². The fraction of sp³-hybridized carbons (Fsp3) is 0.500. The van der Waals surface area contributed by atoms with Crippen molar-refractivity contribution in [2.24, 2.45) is 0 Å². The van der Waals surface area contributed by atoms with Crippen molar-refractivity contribution in [3.8, 4) is 11.5 Å². The Morgan fingerprint density at radius 1 is 1.32 bits per heavy atom. The first kappa shape index (κ1) is 19.0. The summed E-state index contributed by atoms with van der Waals surface area (Å²) in [6.45, 7) is 1.70. The fourth-order valence-electron chi connectivity index (χ4n) is 1.48. The Morgan fingerprint density at radius 3 is 2.45 bits per heavy atom. The highest BCUT2D eigenvalue weighted by atomic mass is 79.9. The highest BCUT2D eigenvalue weighted by Crippen LogP contribution is 2.32. The van der Waals surface area contributed by atoms with E-state index >= 15 is 0 Å². The first-order valence-corrected chi connectivity index (χ1v) is 8.63. The summed E-state index contributed by atoms with van der Waals surface area (Å²) in [5.74, 6) is -0.0680. The number of benzene rings is 1. The standard InChI is InChI=1S/C12H14BrF3O5S/c1-8(21-22(2,17)18)5-6-19-11-4-3-9(7-10(11)13)20-12(14,15)16/h3-4,7-8H,5-6H2,1-2H3/t8-/m1/s1. The molecule has 0 saturated heterocycles. The highest BCUT2D eigenvalue weighted by Gasteiger charge is 2.31. The van der Waals surface area contributed by atoms with Crippen molar-refractivity contribution < 1.29 is 35.2 Å². The molecule has 1 aromatic rings. The van der Waals surface area contributed by atoms with Crippen molar-refractivity contribution in [1.82, 2.24) is 0 Å². The van der Waals surface area contributed by atoms with Crippen LogP contribution in [0.1, 0.15) is 13.3 Å². The fourth-order valence-corrected chi connectivity index (χ4v) is 2.64. The average Bonchev–Trinajstić information content (AvgIpc) is 2.27. The molecule has 0 spiro atoms. The minimum absolute atomic E-state index is 0.134. The SMILES string of the molecule is C[C@H](CCOc1ccc(OC(F)(F)F)cc1Br)OS(C)(=O)=O. The largest absolute Gasteiger partial charge is 0.573 e. The quantitative estimate of drug-likeness (QED) is 0.648. The van der Waals surface area contributed by atoms with Crippen LogP contribution in [0.3, 0.4) is 0 Å². The van der Waals surface area contributed by atoms with Crippen LogP contribution >= 0.6 is 15.9 Å². The number of alkyl halides is 3. The predicted octanol–water partition coefficient (Wildman–Crippen LogP) is 3.48. The normalized spacial score (nSPS) is 13.7. The van der Waals surface area contributed by atoms with E-state index in [1.54, 1.807) is 6.92 Å². The first-order valence-electron chi connectivity index (χ1n) is 6.02. The van der Waals surface area contributed by atoms with Crippen LogP contribution in [0.25, 0.3) is 0 Å². The predicted molar refractivity (Wildman–Crippen MR) is 76.3 cm³/mol. The molecule has 5 nitrogen and oxygen atoms in total. The van der Waals surface area contributed by atoms with Crippen LogP contribution in [0.5, 0.6) is 11.5 Å². The van der Waals surface area contributed by atoms with Crippen molar-refractivity contribution in [3.05, 3.63) is 22.7 Å². The molecule has 0 aromatic heterocycles. The summed E-state index contributed by atoms with van der Waals surface area (Å²) in [4.78, 5) is 0. The zero-order valence-electron chi connectivity index (χ0n) is 11.7. The van der Waals surface area contributed by atoms with E-state index in [1.807, 2.05) is 0 Å². The second kappa shape index (κ2) is 7.51. The van der Waals surface area contributed by atoms with Crippen LogP contribution in [-0.2, 0) is 14.3 Å². The van der Waals surface area contributed by atoms with Gasteiger partial charge in [-0.25, -0.2) is 0 Å². The van der Waals surface area contributed by atoms with Crippen LogP contribution in [0.4, 0.5) is 13.2 Å². The molecular formula is C12H14BrF3O5S. The molecule has 1 rings (SSSR count). The monoisotopic (exact) mass is 406 g/mol. The van der Waals surface area contributed by atoms with Gasteiger partial charge >= 0.3 is 6.36 Å². The summed E-state index contributed by atoms with van der Waals surface area (Å²) >= 11 is 3.07. The Kier molecular flexibility index (Phi) is 6.50.